The summed E-state index contributed by atoms with van der Waals surface area (Å²) in [6.45, 7) is 13.9. The second-order valence-corrected chi connectivity index (χ2v) is 19.4. The SMILES string of the molecule is CC(C)(C)c1cccc(C2(c3cccc(C(C)(C)C)c3)c3ccccc3-c3ccc(-c4ccc(-c5cc(-c6cccc7c6oc6ccccc67)nc(-c6ccccc6)n5)cc4)cc32)c1. The molecule has 1 aliphatic rings. The van der Waals surface area contributed by atoms with Gasteiger partial charge in [-0.1, -0.05) is 211 Å². The minimum atomic E-state index is -0.529. The highest BCUT2D eigenvalue weighted by Crippen LogP contribution is 2.57. The van der Waals surface area contributed by atoms with Crippen molar-refractivity contribution >= 4 is 21.9 Å². The molecule has 8 aromatic carbocycles. The van der Waals surface area contributed by atoms with Crippen LogP contribution in [-0.2, 0) is 16.2 Å². The molecule has 0 saturated heterocycles. The van der Waals surface area contributed by atoms with Gasteiger partial charge in [0.25, 0.3) is 0 Å². The molecule has 0 saturated carbocycles. The molecule has 0 bridgehead atoms. The van der Waals surface area contributed by atoms with E-state index in [1.807, 2.05) is 30.3 Å². The average Bonchev–Trinajstić information content (AvgIpc) is 3.85. The molecule has 2 heterocycles. The lowest BCUT2D eigenvalue weighted by Crippen LogP contribution is -2.30. The van der Waals surface area contributed by atoms with Gasteiger partial charge in [0.15, 0.2) is 5.82 Å². The van der Waals surface area contributed by atoms with Gasteiger partial charge in [-0.3, -0.25) is 0 Å². The summed E-state index contributed by atoms with van der Waals surface area (Å²) in [6.07, 6.45) is 0. The van der Waals surface area contributed by atoms with Crippen LogP contribution >= 0.6 is 0 Å². The van der Waals surface area contributed by atoms with Crippen LogP contribution in [0.25, 0.3) is 78.1 Å². The maximum Gasteiger partial charge on any atom is 0.160 e. The Hall–Kier alpha value is -7.36. The summed E-state index contributed by atoms with van der Waals surface area (Å²) < 4.78 is 6.50. The summed E-state index contributed by atoms with van der Waals surface area (Å²) in [5.74, 6) is 0.672. The predicted molar refractivity (Wildman–Crippen MR) is 266 cm³/mol. The molecule has 3 heteroatoms. The van der Waals surface area contributed by atoms with Crippen LogP contribution in [0.5, 0.6) is 0 Å². The standard InChI is InChI=1S/C61H50N2O/c1-59(2,3)43-19-14-21-45(36-43)61(46-22-15-20-44(37-46)60(4,5)6)52-27-12-10-23-47(52)48-34-33-42(35-53(48)61)39-29-31-40(32-30-39)54-38-55(63-58(62-54)41-17-8-7-9-18-41)51-26-16-25-50-49-24-11-13-28-56(49)64-57(50)51/h7-38H,1-6H3. The van der Waals surface area contributed by atoms with Gasteiger partial charge in [-0.15, -0.1) is 0 Å². The van der Waals surface area contributed by atoms with Gasteiger partial charge < -0.3 is 4.42 Å². The van der Waals surface area contributed by atoms with Gasteiger partial charge >= 0.3 is 0 Å². The number of fused-ring (bicyclic) bond motifs is 6. The van der Waals surface area contributed by atoms with Gasteiger partial charge in [-0.05, 0) is 90.7 Å². The molecule has 64 heavy (non-hydrogen) atoms. The average molecular weight is 827 g/mol. The Labute approximate surface area is 376 Å². The molecule has 0 spiro atoms. The Kier molecular flexibility index (Phi) is 9.18. The first-order valence-electron chi connectivity index (χ1n) is 22.4. The smallest absolute Gasteiger partial charge is 0.160 e. The van der Waals surface area contributed by atoms with E-state index in [1.165, 1.54) is 50.1 Å². The van der Waals surface area contributed by atoms with E-state index in [2.05, 4.69) is 205 Å². The fraction of sp³-hybridized carbons (Fsp3) is 0.148. The Balaban J connectivity index is 1.06. The van der Waals surface area contributed by atoms with Gasteiger partial charge in [0.1, 0.15) is 11.2 Å². The number of furan rings is 1. The van der Waals surface area contributed by atoms with Gasteiger partial charge in [-0.2, -0.15) is 0 Å². The highest BCUT2D eigenvalue weighted by Gasteiger charge is 2.47. The zero-order valence-electron chi connectivity index (χ0n) is 37.3. The number of nitrogens with zero attached hydrogens (tertiary/aromatic N) is 2. The summed E-state index contributed by atoms with van der Waals surface area (Å²) in [6, 6.07) is 70.6. The van der Waals surface area contributed by atoms with E-state index >= 15 is 0 Å². The van der Waals surface area contributed by atoms with Crippen molar-refractivity contribution in [2.24, 2.45) is 0 Å². The van der Waals surface area contributed by atoms with Crippen molar-refractivity contribution in [1.29, 1.82) is 0 Å². The monoisotopic (exact) mass is 826 g/mol. The second-order valence-electron chi connectivity index (χ2n) is 19.4. The Bertz CT molecular complexity index is 3340. The van der Waals surface area contributed by atoms with E-state index in [9.17, 15) is 0 Å². The van der Waals surface area contributed by atoms with E-state index in [0.29, 0.717) is 5.82 Å². The molecule has 0 radical (unpaired) electrons. The molecule has 2 aromatic heterocycles. The fourth-order valence-electron chi connectivity index (χ4n) is 9.92. The minimum Gasteiger partial charge on any atom is -0.455 e. The first kappa shape index (κ1) is 39.5. The first-order chi connectivity index (χ1) is 31.0. The van der Waals surface area contributed by atoms with Crippen LogP contribution < -0.4 is 0 Å². The number of rotatable bonds is 6. The summed E-state index contributed by atoms with van der Waals surface area (Å²) in [7, 11) is 0. The molecule has 310 valence electrons. The molecule has 0 fully saturated rings. The van der Waals surface area contributed by atoms with Gasteiger partial charge in [-0.25, -0.2) is 9.97 Å². The van der Waals surface area contributed by atoms with Crippen LogP contribution in [0.1, 0.15) is 74.9 Å². The number of aromatic nitrogens is 2. The lowest BCUT2D eigenvalue weighted by molar-refractivity contribution is 0.585. The molecule has 0 N–H and O–H groups in total. The Morgan fingerprint density at radius 2 is 0.953 bits per heavy atom. The highest BCUT2D eigenvalue weighted by molar-refractivity contribution is 6.09. The van der Waals surface area contributed by atoms with Crippen LogP contribution in [0.2, 0.25) is 0 Å². The van der Waals surface area contributed by atoms with E-state index in [0.717, 1.165) is 55.6 Å². The van der Waals surface area contributed by atoms with E-state index in [4.69, 9.17) is 14.4 Å². The normalized spacial score (nSPS) is 13.3. The minimum absolute atomic E-state index is 0.0118. The molecule has 0 atom stereocenters. The molecule has 3 nitrogen and oxygen atoms in total. The molecular formula is C61H50N2O. The summed E-state index contributed by atoms with van der Waals surface area (Å²) in [4.78, 5) is 10.4. The van der Waals surface area contributed by atoms with Crippen molar-refractivity contribution in [1.82, 2.24) is 9.97 Å². The lowest BCUT2D eigenvalue weighted by Gasteiger charge is -2.36. The van der Waals surface area contributed by atoms with Crippen molar-refractivity contribution in [2.45, 2.75) is 57.8 Å². The number of para-hydroxylation sites is 2. The summed E-state index contributed by atoms with van der Waals surface area (Å²) >= 11 is 0. The molecule has 10 aromatic rings. The molecular weight excluding hydrogens is 777 g/mol. The topological polar surface area (TPSA) is 38.9 Å². The van der Waals surface area contributed by atoms with Crippen molar-refractivity contribution in [3.63, 3.8) is 0 Å². The lowest BCUT2D eigenvalue weighted by atomic mass is 9.66. The number of benzene rings is 8. The van der Waals surface area contributed by atoms with Crippen molar-refractivity contribution < 1.29 is 4.42 Å². The zero-order chi connectivity index (χ0) is 43.8. The summed E-state index contributed by atoms with van der Waals surface area (Å²) in [5, 5.41) is 2.17. The van der Waals surface area contributed by atoms with E-state index in [1.54, 1.807) is 0 Å². The van der Waals surface area contributed by atoms with Gasteiger partial charge in [0, 0.05) is 27.5 Å². The van der Waals surface area contributed by atoms with E-state index in [-0.39, 0.29) is 10.8 Å². The van der Waals surface area contributed by atoms with Crippen molar-refractivity contribution in [3.05, 3.63) is 228 Å². The van der Waals surface area contributed by atoms with E-state index < -0.39 is 5.41 Å². The number of hydrogen-bond donors (Lipinski definition) is 0. The van der Waals surface area contributed by atoms with Crippen LogP contribution in [0.4, 0.5) is 0 Å². The van der Waals surface area contributed by atoms with Gasteiger partial charge in [0.05, 0.1) is 16.8 Å². The Morgan fingerprint density at radius 1 is 0.391 bits per heavy atom. The third-order valence-corrected chi connectivity index (χ3v) is 13.3. The third-order valence-electron chi connectivity index (χ3n) is 13.3. The predicted octanol–water partition coefficient (Wildman–Crippen LogP) is 16.0. The van der Waals surface area contributed by atoms with Crippen LogP contribution in [-0.4, -0.2) is 9.97 Å². The molecule has 0 amide bonds. The quantitative estimate of drug-likeness (QED) is 0.168. The van der Waals surface area contributed by atoms with Crippen molar-refractivity contribution in [2.75, 3.05) is 0 Å². The van der Waals surface area contributed by atoms with Crippen LogP contribution in [0, 0.1) is 0 Å². The zero-order valence-corrected chi connectivity index (χ0v) is 37.3. The van der Waals surface area contributed by atoms with Crippen LogP contribution in [0.15, 0.2) is 199 Å². The van der Waals surface area contributed by atoms with Gasteiger partial charge in [0.2, 0.25) is 0 Å². The fourth-order valence-corrected chi connectivity index (χ4v) is 9.92. The molecule has 0 aliphatic heterocycles. The molecule has 0 unspecified atom stereocenters. The maximum absolute atomic E-state index is 6.50. The third kappa shape index (κ3) is 6.49. The molecule has 11 rings (SSSR count). The van der Waals surface area contributed by atoms with Crippen molar-refractivity contribution in [3.8, 4) is 56.2 Å². The maximum atomic E-state index is 6.50. The summed E-state index contributed by atoms with van der Waals surface area (Å²) in [5.41, 5.74) is 18.5. The second kappa shape index (κ2) is 14.9. The first-order valence-corrected chi connectivity index (χ1v) is 22.4. The van der Waals surface area contributed by atoms with Crippen LogP contribution in [0.3, 0.4) is 0 Å². The number of hydrogen-bond acceptors (Lipinski definition) is 3. The largest absolute Gasteiger partial charge is 0.455 e. The highest BCUT2D eigenvalue weighted by atomic mass is 16.3. The molecule has 1 aliphatic carbocycles. The Morgan fingerprint density at radius 3 is 1.67 bits per heavy atom.